The lowest BCUT2D eigenvalue weighted by Gasteiger charge is -2.31. The minimum absolute atomic E-state index is 0.106. The molecule has 5 atom stereocenters. The first-order valence-corrected chi connectivity index (χ1v) is 18.5. The SMILES string of the molecule is CCCCCCCC(C)CCCC(C)CCC(OC(=O)CCCN(C)C)C(C)CC(C)(N)/C=C/COC(=O)C(C)(C)CC(C)C. The van der Waals surface area contributed by atoms with E-state index in [1.807, 2.05) is 47.0 Å². The van der Waals surface area contributed by atoms with E-state index in [2.05, 4.69) is 46.4 Å². The van der Waals surface area contributed by atoms with Gasteiger partial charge in [0.05, 0.1) is 5.41 Å². The van der Waals surface area contributed by atoms with Gasteiger partial charge in [-0.25, -0.2) is 0 Å². The van der Waals surface area contributed by atoms with E-state index in [4.69, 9.17) is 15.2 Å². The van der Waals surface area contributed by atoms with E-state index in [-0.39, 0.29) is 30.6 Å². The predicted octanol–water partition coefficient (Wildman–Crippen LogP) is 9.74. The second-order valence-electron chi connectivity index (χ2n) is 16.0. The summed E-state index contributed by atoms with van der Waals surface area (Å²) in [6.45, 7) is 20.4. The Labute approximate surface area is 280 Å². The Bertz CT molecular complexity index is 805. The number of carbonyl (C=O) groups excluding carboxylic acids is 2. The molecule has 5 unspecified atom stereocenters. The topological polar surface area (TPSA) is 81.9 Å². The molecule has 2 N–H and O–H groups in total. The molecule has 0 spiro atoms. The fraction of sp³-hybridized carbons (Fsp3) is 0.897. The van der Waals surface area contributed by atoms with Gasteiger partial charge in [-0.15, -0.1) is 0 Å². The Balaban J connectivity index is 5.01. The molecule has 45 heavy (non-hydrogen) atoms. The predicted molar refractivity (Wildman–Crippen MR) is 192 cm³/mol. The summed E-state index contributed by atoms with van der Waals surface area (Å²) >= 11 is 0. The lowest BCUT2D eigenvalue weighted by Crippen LogP contribution is -2.39. The van der Waals surface area contributed by atoms with E-state index in [0.29, 0.717) is 24.7 Å². The second kappa shape index (κ2) is 23.8. The molecule has 0 rings (SSSR count). The van der Waals surface area contributed by atoms with Crippen LogP contribution in [-0.4, -0.2) is 55.7 Å². The monoisotopic (exact) mass is 637 g/mol. The van der Waals surface area contributed by atoms with Crippen molar-refractivity contribution < 1.29 is 19.1 Å². The van der Waals surface area contributed by atoms with Crippen LogP contribution in [0.15, 0.2) is 12.2 Å². The molecule has 6 nitrogen and oxygen atoms in total. The fourth-order valence-electron chi connectivity index (χ4n) is 6.51. The highest BCUT2D eigenvalue weighted by Gasteiger charge is 2.30. The smallest absolute Gasteiger partial charge is 0.311 e. The molecular weight excluding hydrogens is 560 g/mol. The summed E-state index contributed by atoms with van der Waals surface area (Å²) in [6.07, 6.45) is 20.2. The van der Waals surface area contributed by atoms with Crippen LogP contribution in [0.5, 0.6) is 0 Å². The zero-order valence-corrected chi connectivity index (χ0v) is 31.7. The van der Waals surface area contributed by atoms with Crippen LogP contribution in [-0.2, 0) is 19.1 Å². The summed E-state index contributed by atoms with van der Waals surface area (Å²) in [5, 5.41) is 0. The summed E-state index contributed by atoms with van der Waals surface area (Å²) in [6, 6.07) is 0. The molecule has 0 bridgehead atoms. The van der Waals surface area contributed by atoms with Crippen LogP contribution in [0.3, 0.4) is 0 Å². The molecule has 0 saturated carbocycles. The summed E-state index contributed by atoms with van der Waals surface area (Å²) in [5.74, 6) is 1.64. The molecule has 0 saturated heterocycles. The van der Waals surface area contributed by atoms with Crippen LogP contribution in [0, 0.1) is 29.1 Å². The van der Waals surface area contributed by atoms with Gasteiger partial charge in [0, 0.05) is 12.0 Å². The lowest BCUT2D eigenvalue weighted by atomic mass is 9.84. The molecule has 0 aliphatic rings. The fourth-order valence-corrected chi connectivity index (χ4v) is 6.51. The first-order chi connectivity index (χ1) is 21.0. The summed E-state index contributed by atoms with van der Waals surface area (Å²) in [4.78, 5) is 27.5. The first kappa shape index (κ1) is 43.6. The second-order valence-corrected chi connectivity index (χ2v) is 16.0. The molecule has 0 aliphatic carbocycles. The maximum absolute atomic E-state index is 12.8. The Morgan fingerprint density at radius 1 is 0.800 bits per heavy atom. The standard InChI is InChI=1S/C39H76N2O4/c1-12-13-14-15-16-20-32(4)21-17-22-33(5)24-25-35(45-36(42)23-18-27-41(10)11)34(6)30-39(9,40)26-19-28-44-37(43)38(7,8)29-31(2)3/h19,26,31-35H,12-18,20-25,27-30,40H2,1-11H3/b26-19+. The van der Waals surface area contributed by atoms with Gasteiger partial charge >= 0.3 is 11.9 Å². The zero-order chi connectivity index (χ0) is 34.5. The van der Waals surface area contributed by atoms with Crippen molar-refractivity contribution >= 4 is 11.9 Å². The summed E-state index contributed by atoms with van der Waals surface area (Å²) < 4.78 is 11.7. The number of carbonyl (C=O) groups is 2. The molecule has 0 amide bonds. The van der Waals surface area contributed by atoms with Crippen LogP contribution in [0.2, 0.25) is 0 Å². The third kappa shape index (κ3) is 23.6. The van der Waals surface area contributed by atoms with Crippen molar-refractivity contribution in [2.24, 2.45) is 34.8 Å². The number of nitrogens with two attached hydrogens (primary N) is 1. The highest BCUT2D eigenvalue weighted by Crippen LogP contribution is 2.28. The largest absolute Gasteiger partial charge is 0.462 e. The van der Waals surface area contributed by atoms with Crippen molar-refractivity contribution in [3.05, 3.63) is 12.2 Å². The zero-order valence-electron chi connectivity index (χ0n) is 31.7. The molecule has 0 heterocycles. The molecule has 6 heteroatoms. The average Bonchev–Trinajstić information content (AvgIpc) is 2.91. The van der Waals surface area contributed by atoms with Gasteiger partial charge in [0.2, 0.25) is 0 Å². The van der Waals surface area contributed by atoms with E-state index in [1.54, 1.807) is 0 Å². The lowest BCUT2D eigenvalue weighted by molar-refractivity contribution is -0.154. The Kier molecular flexibility index (Phi) is 23.1. The normalized spacial score (nSPS) is 16.5. The van der Waals surface area contributed by atoms with Gasteiger partial charge < -0.3 is 20.1 Å². The minimum Gasteiger partial charge on any atom is -0.462 e. The number of unbranched alkanes of at least 4 members (excludes halogenated alkanes) is 4. The van der Waals surface area contributed by atoms with Crippen molar-refractivity contribution in [3.8, 4) is 0 Å². The third-order valence-electron chi connectivity index (χ3n) is 9.08. The van der Waals surface area contributed by atoms with Crippen LogP contribution in [0.4, 0.5) is 0 Å². The van der Waals surface area contributed by atoms with Crippen molar-refractivity contribution in [2.45, 2.75) is 170 Å². The molecule has 266 valence electrons. The average molecular weight is 637 g/mol. The van der Waals surface area contributed by atoms with Gasteiger partial charge in [0.25, 0.3) is 0 Å². The molecular formula is C39H76N2O4. The summed E-state index contributed by atoms with van der Waals surface area (Å²) in [7, 11) is 4.05. The van der Waals surface area contributed by atoms with Crippen molar-refractivity contribution in [2.75, 3.05) is 27.2 Å². The molecule has 0 fully saturated rings. The number of ether oxygens (including phenoxy) is 2. The van der Waals surface area contributed by atoms with Gasteiger partial charge in [-0.1, -0.05) is 105 Å². The maximum atomic E-state index is 12.8. The van der Waals surface area contributed by atoms with Crippen LogP contribution < -0.4 is 5.73 Å². The van der Waals surface area contributed by atoms with Gasteiger partial charge in [-0.2, -0.15) is 0 Å². The Morgan fingerprint density at radius 3 is 2.00 bits per heavy atom. The highest BCUT2D eigenvalue weighted by molar-refractivity contribution is 5.76. The quantitative estimate of drug-likeness (QED) is 0.0549. The third-order valence-corrected chi connectivity index (χ3v) is 9.08. The summed E-state index contributed by atoms with van der Waals surface area (Å²) in [5.41, 5.74) is 5.59. The first-order valence-electron chi connectivity index (χ1n) is 18.5. The van der Waals surface area contributed by atoms with Crippen molar-refractivity contribution in [1.82, 2.24) is 4.90 Å². The minimum atomic E-state index is -0.604. The maximum Gasteiger partial charge on any atom is 0.311 e. The molecule has 0 aliphatic heterocycles. The Hall–Kier alpha value is -1.40. The van der Waals surface area contributed by atoms with Crippen LogP contribution in [0.1, 0.15) is 159 Å². The number of hydrogen-bond acceptors (Lipinski definition) is 6. The van der Waals surface area contributed by atoms with E-state index >= 15 is 0 Å². The van der Waals surface area contributed by atoms with E-state index in [1.165, 1.54) is 57.8 Å². The van der Waals surface area contributed by atoms with Crippen molar-refractivity contribution in [3.63, 3.8) is 0 Å². The van der Waals surface area contributed by atoms with E-state index in [0.717, 1.165) is 38.1 Å². The van der Waals surface area contributed by atoms with Crippen LogP contribution >= 0.6 is 0 Å². The highest BCUT2D eigenvalue weighted by atomic mass is 16.5. The number of rotatable bonds is 27. The van der Waals surface area contributed by atoms with Gasteiger partial charge in [-0.05, 0) is 103 Å². The number of esters is 2. The van der Waals surface area contributed by atoms with Gasteiger partial charge in [0.15, 0.2) is 0 Å². The Morgan fingerprint density at radius 2 is 1.40 bits per heavy atom. The number of hydrogen-bond donors (Lipinski definition) is 1. The van der Waals surface area contributed by atoms with Crippen molar-refractivity contribution in [1.29, 1.82) is 0 Å². The molecule has 0 aromatic carbocycles. The van der Waals surface area contributed by atoms with Gasteiger partial charge in [0.1, 0.15) is 12.7 Å². The van der Waals surface area contributed by atoms with E-state index in [9.17, 15) is 9.59 Å². The molecule has 0 aromatic rings. The van der Waals surface area contributed by atoms with Crippen LogP contribution in [0.25, 0.3) is 0 Å². The number of nitrogens with zero attached hydrogens (tertiary/aromatic N) is 1. The molecule has 0 aromatic heterocycles. The van der Waals surface area contributed by atoms with E-state index < -0.39 is 11.0 Å². The van der Waals surface area contributed by atoms with Gasteiger partial charge in [-0.3, -0.25) is 9.59 Å². The molecule has 0 radical (unpaired) electrons.